The number of hydrogen-bond acceptors (Lipinski definition) is 5. The van der Waals surface area contributed by atoms with Gasteiger partial charge in [-0.15, -0.1) is 11.6 Å². The van der Waals surface area contributed by atoms with E-state index in [-0.39, 0.29) is 22.8 Å². The third kappa shape index (κ3) is 8.70. The van der Waals surface area contributed by atoms with E-state index < -0.39 is 11.8 Å². The molecule has 0 heterocycles. The zero-order chi connectivity index (χ0) is 24.4. The van der Waals surface area contributed by atoms with Crippen molar-refractivity contribution in [3.8, 4) is 0 Å². The van der Waals surface area contributed by atoms with Gasteiger partial charge in [0, 0.05) is 17.3 Å². The fraction of sp³-hybridized carbons (Fsp3) is 1.00. The Morgan fingerprint density at radius 1 is 1.03 bits per heavy atom. The van der Waals surface area contributed by atoms with Crippen molar-refractivity contribution in [2.75, 3.05) is 13.1 Å². The number of hydrogen-bond donors (Lipinski definition) is 5. The topological polar surface area (TPSA) is 105 Å². The maximum Gasteiger partial charge on any atom is 0.109 e. The highest BCUT2D eigenvalue weighted by Gasteiger charge is 2.48. The van der Waals surface area contributed by atoms with E-state index >= 15 is 0 Å². The molecular formula is C26H54ClN3O2. The van der Waals surface area contributed by atoms with E-state index in [0.717, 1.165) is 70.6 Å². The van der Waals surface area contributed by atoms with Crippen molar-refractivity contribution in [2.45, 2.75) is 128 Å². The van der Waals surface area contributed by atoms with Gasteiger partial charge in [0.25, 0.3) is 0 Å². The smallest absolute Gasteiger partial charge is 0.109 e. The number of halogens is 1. The van der Waals surface area contributed by atoms with Crippen molar-refractivity contribution in [3.63, 3.8) is 0 Å². The summed E-state index contributed by atoms with van der Waals surface area (Å²) in [5, 5.41) is 26.3. The first-order valence-electron chi connectivity index (χ1n) is 13.2. The van der Waals surface area contributed by atoms with Crippen LogP contribution < -0.4 is 16.8 Å². The van der Waals surface area contributed by atoms with Crippen LogP contribution in [-0.4, -0.2) is 46.6 Å². The van der Waals surface area contributed by atoms with Gasteiger partial charge in [-0.1, -0.05) is 47.5 Å². The molecule has 0 radical (unpaired) electrons. The zero-order valence-electron chi connectivity index (χ0n) is 21.6. The Morgan fingerprint density at radius 2 is 1.66 bits per heavy atom. The molecule has 0 bridgehead atoms. The van der Waals surface area contributed by atoms with Gasteiger partial charge >= 0.3 is 0 Å². The number of alkyl halides is 1. The Morgan fingerprint density at radius 3 is 2.16 bits per heavy atom. The molecule has 192 valence electrons. The summed E-state index contributed by atoms with van der Waals surface area (Å²) in [6, 6.07) is 0.232. The predicted molar refractivity (Wildman–Crippen MR) is 138 cm³/mol. The molecule has 0 aromatic heterocycles. The predicted octanol–water partition coefficient (Wildman–Crippen LogP) is 4.76. The van der Waals surface area contributed by atoms with E-state index in [1.54, 1.807) is 0 Å². The van der Waals surface area contributed by atoms with E-state index in [4.69, 9.17) is 23.1 Å². The molecule has 0 aromatic carbocycles. The summed E-state index contributed by atoms with van der Waals surface area (Å²) in [7, 11) is 0. The third-order valence-corrected chi connectivity index (χ3v) is 8.87. The second-order valence-electron chi connectivity index (χ2n) is 11.2. The molecule has 1 rings (SSSR count). The van der Waals surface area contributed by atoms with Crippen LogP contribution in [-0.2, 0) is 0 Å². The first-order valence-corrected chi connectivity index (χ1v) is 13.7. The first-order chi connectivity index (χ1) is 15.0. The molecule has 7 N–H and O–H groups in total. The number of nitrogens with two attached hydrogens (primary N) is 2. The van der Waals surface area contributed by atoms with E-state index in [0.29, 0.717) is 24.9 Å². The fourth-order valence-corrected chi connectivity index (χ4v) is 5.69. The average molecular weight is 476 g/mol. The summed E-state index contributed by atoms with van der Waals surface area (Å²) in [6.45, 7) is 12.1. The minimum absolute atomic E-state index is 0.0345. The SMILES string of the molecule is CCC(C)(C)[C@@](O)(CCCC[C@H](NC(O)C(CN)CCCN)C(C)C)C1CCC(Cl)CC1. The molecule has 0 saturated heterocycles. The van der Waals surface area contributed by atoms with E-state index in [2.05, 4.69) is 39.9 Å². The van der Waals surface area contributed by atoms with Gasteiger partial charge in [0.1, 0.15) is 6.23 Å². The third-order valence-electron chi connectivity index (χ3n) is 8.43. The van der Waals surface area contributed by atoms with E-state index in [9.17, 15) is 10.2 Å². The molecule has 1 aliphatic rings. The van der Waals surface area contributed by atoms with Crippen molar-refractivity contribution in [1.82, 2.24) is 5.32 Å². The van der Waals surface area contributed by atoms with Gasteiger partial charge in [-0.2, -0.15) is 0 Å². The number of rotatable bonds is 16. The second-order valence-corrected chi connectivity index (χ2v) is 11.9. The van der Waals surface area contributed by atoms with Crippen LogP contribution in [0.4, 0.5) is 0 Å². The largest absolute Gasteiger partial charge is 0.389 e. The summed E-state index contributed by atoms with van der Waals surface area (Å²) in [5.74, 6) is 0.788. The van der Waals surface area contributed by atoms with Crippen LogP contribution in [0.2, 0.25) is 0 Å². The highest BCUT2D eigenvalue weighted by Crippen LogP contribution is 2.48. The van der Waals surface area contributed by atoms with Crippen LogP contribution >= 0.6 is 11.6 Å². The van der Waals surface area contributed by atoms with Gasteiger partial charge in [-0.3, -0.25) is 5.32 Å². The molecule has 1 fully saturated rings. The summed E-state index contributed by atoms with van der Waals surface area (Å²) < 4.78 is 0. The molecule has 5 nitrogen and oxygen atoms in total. The maximum absolute atomic E-state index is 11.9. The number of nitrogens with one attached hydrogen (secondary N) is 1. The highest BCUT2D eigenvalue weighted by molar-refractivity contribution is 6.20. The lowest BCUT2D eigenvalue weighted by Crippen LogP contribution is -2.51. The molecule has 0 spiro atoms. The number of unbranched alkanes of at least 4 members (excludes halogenated alkanes) is 1. The Hall–Kier alpha value is 0.0900. The fourth-order valence-electron chi connectivity index (χ4n) is 5.44. The van der Waals surface area contributed by atoms with Crippen LogP contribution in [0.15, 0.2) is 0 Å². The van der Waals surface area contributed by atoms with E-state index in [1.165, 1.54) is 0 Å². The maximum atomic E-state index is 11.9. The lowest BCUT2D eigenvalue weighted by molar-refractivity contribution is -0.130. The summed E-state index contributed by atoms with van der Waals surface area (Å²) in [6.07, 6.45) is 10.0. The normalized spacial score (nSPS) is 24.8. The Bertz CT molecular complexity index is 497. The molecule has 0 amide bonds. The van der Waals surface area contributed by atoms with Gasteiger partial charge in [0.15, 0.2) is 0 Å². The molecule has 2 unspecified atom stereocenters. The van der Waals surface area contributed by atoms with Gasteiger partial charge in [-0.25, -0.2) is 0 Å². The summed E-state index contributed by atoms with van der Waals surface area (Å²) in [4.78, 5) is 0. The van der Waals surface area contributed by atoms with Crippen LogP contribution in [0.5, 0.6) is 0 Å². The van der Waals surface area contributed by atoms with Gasteiger partial charge in [-0.05, 0) is 88.1 Å². The zero-order valence-corrected chi connectivity index (χ0v) is 22.3. The Labute approximate surface area is 203 Å². The van der Waals surface area contributed by atoms with Crippen molar-refractivity contribution in [1.29, 1.82) is 0 Å². The van der Waals surface area contributed by atoms with E-state index in [1.807, 2.05) is 0 Å². The highest BCUT2D eigenvalue weighted by atomic mass is 35.5. The lowest BCUT2D eigenvalue weighted by atomic mass is 9.61. The Kier molecular flexibility index (Phi) is 13.6. The first kappa shape index (κ1) is 30.1. The summed E-state index contributed by atoms with van der Waals surface area (Å²) in [5.41, 5.74) is 10.8. The molecule has 1 saturated carbocycles. The standard InChI is InChI=1S/C26H54ClN3O2/c1-6-25(4,5)26(32,21-12-14-22(27)15-13-21)16-8-7-11-23(19(2)3)30-24(31)20(18-29)10-9-17-28/h19-24,30-32H,6-18,28-29H2,1-5H3/t20?,21?,22?,23-,24?,26+/m0/s1. The molecule has 32 heavy (non-hydrogen) atoms. The lowest BCUT2D eigenvalue weighted by Gasteiger charge is -2.49. The number of aliphatic hydroxyl groups excluding tert-OH is 1. The van der Waals surface area contributed by atoms with Crippen LogP contribution in [0.1, 0.15) is 105 Å². The van der Waals surface area contributed by atoms with Gasteiger partial charge < -0.3 is 21.7 Å². The molecule has 4 atom stereocenters. The monoisotopic (exact) mass is 475 g/mol. The molecule has 0 aliphatic heterocycles. The minimum atomic E-state index is -0.647. The van der Waals surface area contributed by atoms with Crippen molar-refractivity contribution < 1.29 is 10.2 Å². The van der Waals surface area contributed by atoms with Crippen molar-refractivity contribution in [3.05, 3.63) is 0 Å². The quantitative estimate of drug-likeness (QED) is 0.126. The van der Waals surface area contributed by atoms with Crippen molar-refractivity contribution in [2.24, 2.45) is 34.6 Å². The Balaban J connectivity index is 2.67. The minimum Gasteiger partial charge on any atom is -0.389 e. The molecule has 1 aliphatic carbocycles. The van der Waals surface area contributed by atoms with Crippen LogP contribution in [0.25, 0.3) is 0 Å². The molecular weight excluding hydrogens is 422 g/mol. The second kappa shape index (κ2) is 14.5. The molecule has 6 heteroatoms. The number of aliphatic hydroxyl groups is 2. The summed E-state index contributed by atoms with van der Waals surface area (Å²) >= 11 is 6.35. The molecule has 0 aromatic rings. The van der Waals surface area contributed by atoms with Crippen molar-refractivity contribution >= 4 is 11.6 Å². The van der Waals surface area contributed by atoms with Crippen LogP contribution in [0.3, 0.4) is 0 Å². The van der Waals surface area contributed by atoms with Gasteiger partial charge in [0.05, 0.1) is 5.60 Å². The van der Waals surface area contributed by atoms with Gasteiger partial charge in [0.2, 0.25) is 0 Å². The van der Waals surface area contributed by atoms with Crippen LogP contribution in [0, 0.1) is 23.2 Å². The average Bonchev–Trinajstić information content (AvgIpc) is 2.76.